The van der Waals surface area contributed by atoms with Gasteiger partial charge in [-0.05, 0) is 36.4 Å². The van der Waals surface area contributed by atoms with Crippen LogP contribution in [0, 0.1) is 23.0 Å². The summed E-state index contributed by atoms with van der Waals surface area (Å²) in [5.41, 5.74) is 7.18. The van der Waals surface area contributed by atoms with E-state index in [1.165, 1.54) is 21.5 Å². The van der Waals surface area contributed by atoms with Crippen molar-refractivity contribution >= 4 is 40.0 Å². The number of fused-ring (bicyclic) bond motifs is 2. The zero-order chi connectivity index (χ0) is 26.4. The number of hydrogen-bond donors (Lipinski definition) is 1. The number of pyridine rings is 1. The van der Waals surface area contributed by atoms with Crippen LogP contribution in [0.5, 0.6) is 0 Å². The lowest BCUT2D eigenvalue weighted by Gasteiger charge is -2.33. The van der Waals surface area contributed by atoms with E-state index in [0.717, 1.165) is 35.7 Å². The topological polar surface area (TPSA) is 106 Å². The van der Waals surface area contributed by atoms with Crippen LogP contribution in [0.15, 0.2) is 65.8 Å². The van der Waals surface area contributed by atoms with Crippen molar-refractivity contribution < 1.29 is 8.78 Å². The van der Waals surface area contributed by atoms with E-state index in [1.807, 2.05) is 35.2 Å². The molecule has 1 aliphatic rings. The van der Waals surface area contributed by atoms with Gasteiger partial charge in [0.15, 0.2) is 11.6 Å². The van der Waals surface area contributed by atoms with Crippen LogP contribution in [0.25, 0.3) is 27.5 Å². The molecule has 8 nitrogen and oxygen atoms in total. The third-order valence-corrected chi connectivity index (χ3v) is 7.02. The first kappa shape index (κ1) is 26.3. The highest BCUT2D eigenvalue weighted by molar-refractivity contribution is 5.91. The molecule has 0 aliphatic carbocycles. The molecule has 6 rings (SSSR count). The van der Waals surface area contributed by atoms with Crippen LogP contribution in [-0.4, -0.2) is 38.2 Å². The van der Waals surface area contributed by atoms with Gasteiger partial charge in [0.25, 0.3) is 5.56 Å². The third-order valence-electron chi connectivity index (χ3n) is 7.02. The van der Waals surface area contributed by atoms with Crippen LogP contribution in [-0.2, 0) is 6.54 Å². The van der Waals surface area contributed by atoms with Gasteiger partial charge in [-0.2, -0.15) is 5.26 Å². The third kappa shape index (κ3) is 4.50. The summed E-state index contributed by atoms with van der Waals surface area (Å²) in [6.45, 7) is 1.18. The molecule has 1 fully saturated rings. The van der Waals surface area contributed by atoms with Crippen LogP contribution >= 0.6 is 12.4 Å². The summed E-state index contributed by atoms with van der Waals surface area (Å²) >= 11 is 0. The quantitative estimate of drug-likeness (QED) is 0.360. The minimum atomic E-state index is -1.06. The Kier molecular flexibility index (Phi) is 7.04. The van der Waals surface area contributed by atoms with Crippen molar-refractivity contribution in [2.24, 2.45) is 5.73 Å². The number of benzene rings is 2. The van der Waals surface area contributed by atoms with E-state index in [2.05, 4.69) is 16.0 Å². The minimum absolute atomic E-state index is 0. The fraction of sp³-hybridized carbons (Fsp3) is 0.214. The van der Waals surface area contributed by atoms with Gasteiger partial charge in [0.2, 0.25) is 0 Å². The van der Waals surface area contributed by atoms with Gasteiger partial charge in [0.05, 0.1) is 24.3 Å². The van der Waals surface area contributed by atoms with Crippen LogP contribution < -0.4 is 16.2 Å². The molecule has 0 radical (unpaired) electrons. The van der Waals surface area contributed by atoms with Crippen molar-refractivity contribution in [3.8, 4) is 11.8 Å². The summed E-state index contributed by atoms with van der Waals surface area (Å²) in [5, 5.41) is 12.1. The van der Waals surface area contributed by atoms with Crippen LogP contribution in [0.3, 0.4) is 0 Å². The molecule has 0 saturated carbocycles. The van der Waals surface area contributed by atoms with Crippen LogP contribution in [0.2, 0.25) is 0 Å². The lowest BCUT2D eigenvalue weighted by Crippen LogP contribution is -2.43. The fourth-order valence-corrected chi connectivity index (χ4v) is 5.25. The van der Waals surface area contributed by atoms with Gasteiger partial charge in [-0.15, -0.1) is 12.4 Å². The Morgan fingerprint density at radius 2 is 1.92 bits per heavy atom. The Balaban J connectivity index is 0.00000308. The molecule has 0 unspecified atom stereocenters. The van der Waals surface area contributed by atoms with E-state index in [-0.39, 0.29) is 47.3 Å². The maximum atomic E-state index is 14.4. The van der Waals surface area contributed by atoms with Gasteiger partial charge in [-0.25, -0.2) is 13.8 Å². The van der Waals surface area contributed by atoms with Crippen molar-refractivity contribution in [1.29, 1.82) is 5.26 Å². The van der Waals surface area contributed by atoms with Crippen LogP contribution in [0.4, 0.5) is 14.6 Å². The average Bonchev–Trinajstić information content (AvgIpc) is 3.27. The summed E-state index contributed by atoms with van der Waals surface area (Å²) in [5.74, 6) is -1.67. The number of hydrogen-bond acceptors (Lipinski definition) is 6. The molecule has 1 atom stereocenters. The maximum Gasteiger partial charge on any atom is 0.278 e. The number of aromatic nitrogens is 4. The second-order valence-electron chi connectivity index (χ2n) is 9.45. The Morgan fingerprint density at radius 3 is 2.69 bits per heavy atom. The number of nitrogens with two attached hydrogens (primary N) is 1. The van der Waals surface area contributed by atoms with E-state index in [1.54, 1.807) is 6.20 Å². The minimum Gasteiger partial charge on any atom is -0.355 e. The molecule has 2 aromatic carbocycles. The van der Waals surface area contributed by atoms with Crippen molar-refractivity contribution in [2.75, 3.05) is 18.0 Å². The Labute approximate surface area is 228 Å². The van der Waals surface area contributed by atoms with Crippen molar-refractivity contribution in [1.82, 2.24) is 19.1 Å². The van der Waals surface area contributed by atoms with Gasteiger partial charge in [0.1, 0.15) is 28.5 Å². The first-order valence-electron chi connectivity index (χ1n) is 12.3. The van der Waals surface area contributed by atoms with Crippen molar-refractivity contribution in [3.63, 3.8) is 0 Å². The molecular formula is C28H24ClF2N7O. The molecule has 0 bridgehead atoms. The van der Waals surface area contributed by atoms with Crippen molar-refractivity contribution in [3.05, 3.63) is 94.3 Å². The van der Waals surface area contributed by atoms with E-state index in [0.29, 0.717) is 24.6 Å². The van der Waals surface area contributed by atoms with Gasteiger partial charge >= 0.3 is 0 Å². The summed E-state index contributed by atoms with van der Waals surface area (Å²) < 4.78 is 31.2. The van der Waals surface area contributed by atoms with Gasteiger partial charge < -0.3 is 10.6 Å². The first-order chi connectivity index (χ1) is 18.5. The summed E-state index contributed by atoms with van der Waals surface area (Å²) in [6.07, 6.45) is 4.70. The van der Waals surface area contributed by atoms with E-state index >= 15 is 0 Å². The van der Waals surface area contributed by atoms with Crippen molar-refractivity contribution in [2.45, 2.75) is 25.4 Å². The Hall–Kier alpha value is -4.33. The lowest BCUT2D eigenvalue weighted by molar-refractivity contribution is 0.500. The first-order valence-corrected chi connectivity index (χ1v) is 12.3. The Bertz CT molecular complexity index is 1810. The molecule has 0 amide bonds. The molecule has 5 aromatic rings. The highest BCUT2D eigenvalue weighted by Crippen LogP contribution is 2.35. The predicted molar refractivity (Wildman–Crippen MR) is 147 cm³/mol. The largest absolute Gasteiger partial charge is 0.355 e. The summed E-state index contributed by atoms with van der Waals surface area (Å²) in [6, 6.07) is 15.1. The van der Waals surface area contributed by atoms with E-state index < -0.39 is 17.2 Å². The average molecular weight is 548 g/mol. The number of piperidine rings is 1. The lowest BCUT2D eigenvalue weighted by atomic mass is 10.1. The number of anilines is 1. The molecule has 0 spiro atoms. The number of halogens is 3. The number of nitriles is 1. The normalized spacial score (nSPS) is 15.3. The SMILES string of the molecule is Cl.N#Cc1c(N2CCC[C@H](N)C2)n(-c2ccc(F)c(F)c2)c2c(=O)n(Cc3nccc4ccccc34)cnc12. The zero-order valence-corrected chi connectivity index (χ0v) is 21.5. The molecule has 11 heteroatoms. The molecule has 3 aromatic heterocycles. The molecule has 198 valence electrons. The Morgan fingerprint density at radius 1 is 1.10 bits per heavy atom. The molecule has 1 aliphatic heterocycles. The fourth-order valence-electron chi connectivity index (χ4n) is 5.25. The molecule has 39 heavy (non-hydrogen) atoms. The van der Waals surface area contributed by atoms with E-state index in [9.17, 15) is 18.8 Å². The monoisotopic (exact) mass is 547 g/mol. The number of rotatable bonds is 4. The highest BCUT2D eigenvalue weighted by atomic mass is 35.5. The standard InChI is InChI=1S/C28H23F2N7O.ClH/c29-22-8-7-19(12-23(22)30)37-26-25(21(13-31)27(37)35-11-3-5-18(32)14-35)34-16-36(28(26)38)15-24-20-6-2-1-4-17(20)9-10-33-24;/h1-2,4,6-10,12,16,18H,3,5,11,14-15,32H2;1H/t18-;/m0./s1. The molecular weight excluding hydrogens is 524 g/mol. The molecule has 1 saturated heterocycles. The zero-order valence-electron chi connectivity index (χ0n) is 20.7. The van der Waals surface area contributed by atoms with Crippen LogP contribution in [0.1, 0.15) is 24.1 Å². The smallest absolute Gasteiger partial charge is 0.278 e. The summed E-state index contributed by atoms with van der Waals surface area (Å²) in [7, 11) is 0. The predicted octanol–water partition coefficient (Wildman–Crippen LogP) is 4.28. The highest BCUT2D eigenvalue weighted by Gasteiger charge is 2.29. The molecule has 2 N–H and O–H groups in total. The number of nitrogens with zero attached hydrogens (tertiary/aromatic N) is 6. The second kappa shape index (κ2) is 10.4. The van der Waals surface area contributed by atoms with E-state index in [4.69, 9.17) is 5.73 Å². The van der Waals surface area contributed by atoms with Gasteiger partial charge in [-0.1, -0.05) is 24.3 Å². The van der Waals surface area contributed by atoms with Gasteiger partial charge in [-0.3, -0.25) is 18.9 Å². The maximum absolute atomic E-state index is 14.4. The summed E-state index contributed by atoms with van der Waals surface area (Å²) in [4.78, 5) is 24.9. The second-order valence-corrected chi connectivity index (χ2v) is 9.45. The van der Waals surface area contributed by atoms with Gasteiger partial charge in [0, 0.05) is 36.8 Å². The molecule has 4 heterocycles.